The molecule has 0 aliphatic heterocycles. The molecule has 0 aromatic heterocycles. The number of nitrogens with two attached hydrogens (primary N) is 1. The van der Waals surface area contributed by atoms with Crippen molar-refractivity contribution in [2.45, 2.75) is 27.2 Å². The molecule has 4 heteroatoms. The predicted molar refractivity (Wildman–Crippen MR) is 72.3 cm³/mol. The van der Waals surface area contributed by atoms with Crippen molar-refractivity contribution in [2.24, 2.45) is 5.41 Å². The monoisotopic (exact) mass is 254 g/mol. The number of amides is 1. The average molecular weight is 255 g/mol. The number of carbonyl (C=O) groups is 1. The van der Waals surface area contributed by atoms with E-state index in [-0.39, 0.29) is 11.3 Å². The number of nitrogen functional groups attached to an aromatic ring is 1. The highest BCUT2D eigenvalue weighted by Gasteiger charge is 2.13. The Morgan fingerprint density at radius 3 is 2.59 bits per heavy atom. The fourth-order valence-electron chi connectivity index (χ4n) is 1.36. The van der Waals surface area contributed by atoms with Gasteiger partial charge >= 0.3 is 0 Å². The number of anilines is 1. The van der Waals surface area contributed by atoms with Gasteiger partial charge in [0.15, 0.2) is 0 Å². The SMILES string of the molecule is CC(C)(C)CCNC(=O)c1ccc(N)cc1Cl. The van der Waals surface area contributed by atoms with E-state index in [0.29, 0.717) is 22.8 Å². The Hall–Kier alpha value is -1.22. The van der Waals surface area contributed by atoms with Crippen LogP contribution >= 0.6 is 11.6 Å². The van der Waals surface area contributed by atoms with Crippen molar-refractivity contribution in [3.05, 3.63) is 28.8 Å². The van der Waals surface area contributed by atoms with Crippen LogP contribution in [0, 0.1) is 5.41 Å². The average Bonchev–Trinajstić information content (AvgIpc) is 2.15. The summed E-state index contributed by atoms with van der Waals surface area (Å²) < 4.78 is 0. The van der Waals surface area contributed by atoms with Crippen LogP contribution in [0.5, 0.6) is 0 Å². The van der Waals surface area contributed by atoms with Gasteiger partial charge in [-0.1, -0.05) is 32.4 Å². The summed E-state index contributed by atoms with van der Waals surface area (Å²) in [5.74, 6) is -0.153. The van der Waals surface area contributed by atoms with Gasteiger partial charge in [0.05, 0.1) is 10.6 Å². The second-order valence-electron chi connectivity index (χ2n) is 5.31. The van der Waals surface area contributed by atoms with Crippen LogP contribution in [0.4, 0.5) is 5.69 Å². The summed E-state index contributed by atoms with van der Waals surface area (Å²) in [5.41, 5.74) is 6.80. The molecule has 3 N–H and O–H groups in total. The minimum absolute atomic E-state index is 0.153. The quantitative estimate of drug-likeness (QED) is 0.815. The lowest BCUT2D eigenvalue weighted by molar-refractivity contribution is 0.0949. The number of hydrogen-bond acceptors (Lipinski definition) is 2. The van der Waals surface area contributed by atoms with Crippen molar-refractivity contribution >= 4 is 23.2 Å². The van der Waals surface area contributed by atoms with E-state index < -0.39 is 0 Å². The van der Waals surface area contributed by atoms with Crippen LogP contribution in [0.3, 0.4) is 0 Å². The number of hydrogen-bond donors (Lipinski definition) is 2. The van der Waals surface area contributed by atoms with Crippen LogP contribution in [0.25, 0.3) is 0 Å². The number of rotatable bonds is 3. The second kappa shape index (κ2) is 5.41. The molecule has 0 fully saturated rings. The summed E-state index contributed by atoms with van der Waals surface area (Å²) in [6.45, 7) is 7.04. The number of carbonyl (C=O) groups excluding carboxylic acids is 1. The maximum atomic E-state index is 11.8. The van der Waals surface area contributed by atoms with Crippen LogP contribution < -0.4 is 11.1 Å². The van der Waals surface area contributed by atoms with Crippen molar-refractivity contribution in [3.8, 4) is 0 Å². The molecule has 0 saturated carbocycles. The lowest BCUT2D eigenvalue weighted by Crippen LogP contribution is -2.27. The molecule has 1 aromatic rings. The second-order valence-corrected chi connectivity index (χ2v) is 5.71. The highest BCUT2D eigenvalue weighted by molar-refractivity contribution is 6.34. The van der Waals surface area contributed by atoms with Crippen LogP contribution in [0.15, 0.2) is 18.2 Å². The summed E-state index contributed by atoms with van der Waals surface area (Å²) >= 11 is 5.95. The highest BCUT2D eigenvalue weighted by atomic mass is 35.5. The van der Waals surface area contributed by atoms with Gasteiger partial charge in [-0.2, -0.15) is 0 Å². The van der Waals surface area contributed by atoms with E-state index in [0.717, 1.165) is 6.42 Å². The van der Waals surface area contributed by atoms with E-state index in [4.69, 9.17) is 17.3 Å². The molecule has 0 heterocycles. The first-order chi connectivity index (χ1) is 7.79. The summed E-state index contributed by atoms with van der Waals surface area (Å²) in [7, 11) is 0. The maximum Gasteiger partial charge on any atom is 0.252 e. The van der Waals surface area contributed by atoms with Gasteiger partial charge in [0.25, 0.3) is 5.91 Å². The van der Waals surface area contributed by atoms with Gasteiger partial charge in [-0.3, -0.25) is 4.79 Å². The predicted octanol–water partition coefficient (Wildman–Crippen LogP) is 3.09. The summed E-state index contributed by atoms with van der Waals surface area (Å²) in [6, 6.07) is 4.90. The van der Waals surface area contributed by atoms with Crippen LogP contribution in [0.2, 0.25) is 5.02 Å². The molecule has 94 valence electrons. The van der Waals surface area contributed by atoms with Gasteiger partial charge in [0, 0.05) is 12.2 Å². The zero-order chi connectivity index (χ0) is 13.1. The molecule has 0 saturated heterocycles. The van der Waals surface area contributed by atoms with E-state index >= 15 is 0 Å². The molecule has 0 unspecified atom stereocenters. The van der Waals surface area contributed by atoms with Crippen molar-refractivity contribution in [2.75, 3.05) is 12.3 Å². The Labute approximate surface area is 107 Å². The molecule has 1 aromatic carbocycles. The third kappa shape index (κ3) is 4.65. The third-order valence-electron chi connectivity index (χ3n) is 2.40. The van der Waals surface area contributed by atoms with E-state index in [2.05, 4.69) is 26.1 Å². The van der Waals surface area contributed by atoms with Crippen molar-refractivity contribution in [1.29, 1.82) is 0 Å². The zero-order valence-electron chi connectivity index (χ0n) is 10.5. The minimum Gasteiger partial charge on any atom is -0.399 e. The summed E-state index contributed by atoms with van der Waals surface area (Å²) in [4.78, 5) is 11.8. The molecule has 1 amide bonds. The standard InChI is InChI=1S/C13H19ClN2O/c1-13(2,3)6-7-16-12(17)10-5-4-9(15)8-11(10)14/h4-5,8H,6-7,15H2,1-3H3,(H,16,17). The Bertz CT molecular complexity index is 410. The van der Waals surface area contributed by atoms with Gasteiger partial charge in [-0.15, -0.1) is 0 Å². The minimum atomic E-state index is -0.153. The molecule has 0 atom stereocenters. The maximum absolute atomic E-state index is 11.8. The van der Waals surface area contributed by atoms with Crippen molar-refractivity contribution < 1.29 is 4.79 Å². The first-order valence-corrected chi connectivity index (χ1v) is 6.00. The first-order valence-electron chi connectivity index (χ1n) is 5.63. The molecular formula is C13H19ClN2O. The number of benzene rings is 1. The molecule has 0 aliphatic rings. The molecule has 3 nitrogen and oxygen atoms in total. The molecule has 0 aliphatic carbocycles. The Kier molecular flexibility index (Phi) is 4.40. The van der Waals surface area contributed by atoms with Crippen LogP contribution in [-0.2, 0) is 0 Å². The fourth-order valence-corrected chi connectivity index (χ4v) is 1.64. The lowest BCUT2D eigenvalue weighted by atomic mass is 9.92. The summed E-state index contributed by atoms with van der Waals surface area (Å²) in [5, 5.41) is 3.24. The van der Waals surface area contributed by atoms with Crippen LogP contribution in [0.1, 0.15) is 37.6 Å². The molecule has 1 rings (SSSR count). The molecular weight excluding hydrogens is 236 g/mol. The fraction of sp³-hybridized carbons (Fsp3) is 0.462. The van der Waals surface area contributed by atoms with Gasteiger partial charge < -0.3 is 11.1 Å². The summed E-state index contributed by atoms with van der Waals surface area (Å²) in [6.07, 6.45) is 0.922. The van der Waals surface area contributed by atoms with Gasteiger partial charge in [0.2, 0.25) is 0 Å². The molecule has 0 spiro atoms. The topological polar surface area (TPSA) is 55.1 Å². The Balaban J connectivity index is 2.59. The normalized spacial score (nSPS) is 11.3. The Morgan fingerprint density at radius 2 is 2.06 bits per heavy atom. The van der Waals surface area contributed by atoms with Crippen molar-refractivity contribution in [3.63, 3.8) is 0 Å². The van der Waals surface area contributed by atoms with Crippen LogP contribution in [-0.4, -0.2) is 12.5 Å². The largest absolute Gasteiger partial charge is 0.399 e. The molecule has 0 radical (unpaired) electrons. The van der Waals surface area contributed by atoms with Gasteiger partial charge in [-0.05, 0) is 30.0 Å². The van der Waals surface area contributed by atoms with Gasteiger partial charge in [0.1, 0.15) is 0 Å². The zero-order valence-corrected chi connectivity index (χ0v) is 11.3. The van der Waals surface area contributed by atoms with Gasteiger partial charge in [-0.25, -0.2) is 0 Å². The smallest absolute Gasteiger partial charge is 0.252 e. The Morgan fingerprint density at radius 1 is 1.41 bits per heavy atom. The van der Waals surface area contributed by atoms with Crippen molar-refractivity contribution in [1.82, 2.24) is 5.32 Å². The van der Waals surface area contributed by atoms with E-state index in [1.807, 2.05) is 0 Å². The third-order valence-corrected chi connectivity index (χ3v) is 2.71. The number of halogens is 1. The molecule has 0 bridgehead atoms. The highest BCUT2D eigenvalue weighted by Crippen LogP contribution is 2.20. The van der Waals surface area contributed by atoms with E-state index in [9.17, 15) is 4.79 Å². The molecule has 17 heavy (non-hydrogen) atoms. The van der Waals surface area contributed by atoms with E-state index in [1.54, 1.807) is 18.2 Å². The first kappa shape index (κ1) is 13.8. The van der Waals surface area contributed by atoms with E-state index in [1.165, 1.54) is 0 Å². The number of nitrogens with one attached hydrogen (secondary N) is 1. The lowest BCUT2D eigenvalue weighted by Gasteiger charge is -2.18.